The average Bonchev–Trinajstić information content (AvgIpc) is 2.70. The monoisotopic (exact) mass is 394 g/mol. The Morgan fingerprint density at radius 3 is 2.45 bits per heavy atom. The number of aromatic nitrogens is 2. The second-order valence-corrected chi connectivity index (χ2v) is 6.36. The molecule has 0 bridgehead atoms. The first-order valence-electron chi connectivity index (χ1n) is 8.86. The van der Waals surface area contributed by atoms with E-state index < -0.39 is 17.2 Å². The van der Waals surface area contributed by atoms with Gasteiger partial charge in [0.1, 0.15) is 11.5 Å². The van der Waals surface area contributed by atoms with Gasteiger partial charge < -0.3 is 10.6 Å². The maximum absolute atomic E-state index is 14.1. The van der Waals surface area contributed by atoms with E-state index in [2.05, 4.69) is 15.7 Å². The average molecular weight is 394 g/mol. The number of aryl methyl sites for hydroxylation is 1. The topological polar surface area (TPSA) is 93.1 Å². The summed E-state index contributed by atoms with van der Waals surface area (Å²) in [6, 6.07) is 13.8. The van der Waals surface area contributed by atoms with Crippen molar-refractivity contribution in [3.05, 3.63) is 87.6 Å². The van der Waals surface area contributed by atoms with E-state index in [9.17, 15) is 18.8 Å². The van der Waals surface area contributed by atoms with Crippen molar-refractivity contribution in [3.8, 4) is 5.69 Å². The standard InChI is InChI=1S/C21H19FN4O3/c1-13-11-18(27)20(25-26(13)17-6-4-3-5-16(17)22)21(29)24-15-9-7-14(8-10-15)12-19(28)23-2/h3-11H,12H2,1-2H3,(H,23,28)(H,24,29). The van der Waals surface area contributed by atoms with Gasteiger partial charge in [-0.1, -0.05) is 24.3 Å². The van der Waals surface area contributed by atoms with Gasteiger partial charge >= 0.3 is 0 Å². The van der Waals surface area contributed by atoms with Crippen LogP contribution in [0.15, 0.2) is 59.4 Å². The molecule has 29 heavy (non-hydrogen) atoms. The SMILES string of the molecule is CNC(=O)Cc1ccc(NC(=O)c2nn(-c3ccccc3F)c(C)cc2=O)cc1. The first-order valence-corrected chi connectivity index (χ1v) is 8.86. The molecule has 0 unspecified atom stereocenters. The molecular weight excluding hydrogens is 375 g/mol. The van der Waals surface area contributed by atoms with Gasteiger partial charge in [0.25, 0.3) is 5.91 Å². The number of likely N-dealkylation sites (N-methyl/N-ethyl adjacent to an activating group) is 1. The molecule has 0 radical (unpaired) electrons. The Hall–Kier alpha value is -3.81. The Bertz CT molecular complexity index is 1120. The zero-order chi connectivity index (χ0) is 21.0. The molecule has 2 N–H and O–H groups in total. The highest BCUT2D eigenvalue weighted by Crippen LogP contribution is 2.14. The highest BCUT2D eigenvalue weighted by atomic mass is 19.1. The number of halogens is 1. The van der Waals surface area contributed by atoms with Crippen molar-refractivity contribution < 1.29 is 14.0 Å². The molecule has 0 aliphatic heterocycles. The van der Waals surface area contributed by atoms with Gasteiger partial charge in [0.2, 0.25) is 11.3 Å². The Kier molecular flexibility index (Phi) is 5.82. The number of benzene rings is 2. The summed E-state index contributed by atoms with van der Waals surface area (Å²) < 4.78 is 15.3. The van der Waals surface area contributed by atoms with Gasteiger partial charge in [0.15, 0.2) is 5.69 Å². The zero-order valence-corrected chi connectivity index (χ0v) is 15.9. The third-order valence-electron chi connectivity index (χ3n) is 4.26. The number of anilines is 1. The summed E-state index contributed by atoms with van der Waals surface area (Å²) in [7, 11) is 1.56. The molecule has 2 aromatic carbocycles. The third-order valence-corrected chi connectivity index (χ3v) is 4.26. The Balaban J connectivity index is 1.86. The minimum absolute atomic E-state index is 0.126. The van der Waals surface area contributed by atoms with Gasteiger partial charge in [-0.2, -0.15) is 5.10 Å². The van der Waals surface area contributed by atoms with Crippen molar-refractivity contribution in [2.45, 2.75) is 13.3 Å². The van der Waals surface area contributed by atoms with E-state index in [1.165, 1.54) is 28.9 Å². The third kappa shape index (κ3) is 4.55. The second-order valence-electron chi connectivity index (χ2n) is 6.36. The molecular formula is C21H19FN4O3. The van der Waals surface area contributed by atoms with Crippen molar-refractivity contribution in [3.63, 3.8) is 0 Å². The number of carbonyl (C=O) groups excluding carboxylic acids is 2. The van der Waals surface area contributed by atoms with E-state index in [1.807, 2.05) is 0 Å². The summed E-state index contributed by atoms with van der Waals surface area (Å²) in [6.07, 6.45) is 0.220. The molecule has 0 spiro atoms. The van der Waals surface area contributed by atoms with Gasteiger partial charge in [-0.05, 0) is 36.8 Å². The molecule has 3 rings (SSSR count). The Morgan fingerprint density at radius 2 is 1.79 bits per heavy atom. The van der Waals surface area contributed by atoms with Crippen molar-refractivity contribution in [2.24, 2.45) is 0 Å². The molecule has 8 heteroatoms. The van der Waals surface area contributed by atoms with E-state index in [0.29, 0.717) is 11.4 Å². The normalized spacial score (nSPS) is 10.4. The fraction of sp³-hybridized carbons (Fsp3) is 0.143. The minimum atomic E-state index is -0.709. The largest absolute Gasteiger partial charge is 0.359 e. The molecule has 3 aromatic rings. The number of amides is 2. The quantitative estimate of drug-likeness (QED) is 0.694. The van der Waals surface area contributed by atoms with Gasteiger partial charge in [-0.15, -0.1) is 0 Å². The summed E-state index contributed by atoms with van der Waals surface area (Å²) in [5, 5.41) is 9.20. The van der Waals surface area contributed by atoms with Crippen LogP contribution in [0, 0.1) is 12.7 Å². The number of nitrogens with zero attached hydrogens (tertiary/aromatic N) is 2. The number of para-hydroxylation sites is 1. The predicted octanol–water partition coefficient (Wildman–Crippen LogP) is 2.22. The predicted molar refractivity (Wildman–Crippen MR) is 107 cm³/mol. The maximum atomic E-state index is 14.1. The molecule has 0 atom stereocenters. The van der Waals surface area contributed by atoms with Crippen LogP contribution in [0.4, 0.5) is 10.1 Å². The lowest BCUT2D eigenvalue weighted by atomic mass is 10.1. The molecule has 2 amide bonds. The fourth-order valence-corrected chi connectivity index (χ4v) is 2.74. The summed E-state index contributed by atoms with van der Waals surface area (Å²) in [5.74, 6) is -1.36. The van der Waals surface area contributed by atoms with Crippen molar-refractivity contribution in [1.82, 2.24) is 15.1 Å². The van der Waals surface area contributed by atoms with Crippen LogP contribution in [-0.4, -0.2) is 28.6 Å². The lowest BCUT2D eigenvalue weighted by Gasteiger charge is -2.12. The molecule has 0 fully saturated rings. The van der Waals surface area contributed by atoms with Gasteiger partial charge in [0, 0.05) is 24.5 Å². The first kappa shape index (κ1) is 19.9. The van der Waals surface area contributed by atoms with E-state index >= 15 is 0 Å². The molecule has 7 nitrogen and oxygen atoms in total. The summed E-state index contributed by atoms with van der Waals surface area (Å²) in [5.41, 5.74) is 0.831. The molecule has 0 saturated heterocycles. The van der Waals surface area contributed by atoms with Crippen LogP contribution < -0.4 is 16.1 Å². The molecule has 0 saturated carbocycles. The van der Waals surface area contributed by atoms with E-state index in [1.54, 1.807) is 44.3 Å². The molecule has 148 valence electrons. The number of rotatable bonds is 5. The van der Waals surface area contributed by atoms with Crippen LogP contribution in [0.25, 0.3) is 5.69 Å². The molecule has 1 aromatic heterocycles. The summed E-state index contributed by atoms with van der Waals surface area (Å²) >= 11 is 0. The van der Waals surface area contributed by atoms with Crippen LogP contribution in [0.1, 0.15) is 21.7 Å². The first-order chi connectivity index (χ1) is 13.9. The van der Waals surface area contributed by atoms with Crippen molar-refractivity contribution in [1.29, 1.82) is 0 Å². The number of hydrogen-bond donors (Lipinski definition) is 2. The molecule has 0 aliphatic rings. The van der Waals surface area contributed by atoms with Crippen LogP contribution >= 0.6 is 0 Å². The maximum Gasteiger partial charge on any atom is 0.280 e. The molecule has 0 aliphatic carbocycles. The zero-order valence-electron chi connectivity index (χ0n) is 15.9. The van der Waals surface area contributed by atoms with E-state index in [-0.39, 0.29) is 23.7 Å². The van der Waals surface area contributed by atoms with Crippen LogP contribution in [0.3, 0.4) is 0 Å². The summed E-state index contributed by atoms with van der Waals surface area (Å²) in [4.78, 5) is 36.3. The van der Waals surface area contributed by atoms with E-state index in [4.69, 9.17) is 0 Å². The lowest BCUT2D eigenvalue weighted by molar-refractivity contribution is -0.119. The Morgan fingerprint density at radius 1 is 1.10 bits per heavy atom. The van der Waals surface area contributed by atoms with Gasteiger partial charge in [-0.3, -0.25) is 14.4 Å². The van der Waals surface area contributed by atoms with Crippen LogP contribution in [0.5, 0.6) is 0 Å². The second kappa shape index (κ2) is 8.47. The molecule has 1 heterocycles. The fourth-order valence-electron chi connectivity index (χ4n) is 2.74. The van der Waals surface area contributed by atoms with E-state index in [0.717, 1.165) is 5.56 Å². The minimum Gasteiger partial charge on any atom is -0.359 e. The number of nitrogens with one attached hydrogen (secondary N) is 2. The van der Waals surface area contributed by atoms with Crippen molar-refractivity contribution in [2.75, 3.05) is 12.4 Å². The highest BCUT2D eigenvalue weighted by molar-refractivity contribution is 6.02. The highest BCUT2D eigenvalue weighted by Gasteiger charge is 2.17. The Labute approximate surface area is 166 Å². The summed E-state index contributed by atoms with van der Waals surface area (Å²) in [6.45, 7) is 1.60. The number of carbonyl (C=O) groups is 2. The lowest BCUT2D eigenvalue weighted by Crippen LogP contribution is -2.27. The van der Waals surface area contributed by atoms with Gasteiger partial charge in [-0.25, -0.2) is 9.07 Å². The van der Waals surface area contributed by atoms with Crippen LogP contribution in [0.2, 0.25) is 0 Å². The van der Waals surface area contributed by atoms with Crippen molar-refractivity contribution >= 4 is 17.5 Å². The smallest absolute Gasteiger partial charge is 0.280 e. The van der Waals surface area contributed by atoms with Gasteiger partial charge in [0.05, 0.1) is 6.42 Å². The van der Waals surface area contributed by atoms with Crippen LogP contribution in [-0.2, 0) is 11.2 Å². The number of hydrogen-bond acceptors (Lipinski definition) is 4.